The number of halogens is 1. The first-order valence-electron chi connectivity index (χ1n) is 7.62. The van der Waals surface area contributed by atoms with Crippen molar-refractivity contribution in [1.82, 2.24) is 4.98 Å². The van der Waals surface area contributed by atoms with Crippen molar-refractivity contribution in [3.8, 4) is 0 Å². The average Bonchev–Trinajstić information content (AvgIpc) is 2.47. The minimum atomic E-state index is 0.258. The molecule has 1 aromatic rings. The first kappa shape index (κ1) is 15.6. The number of morpholine rings is 1. The van der Waals surface area contributed by atoms with Gasteiger partial charge in [-0.15, -0.1) is 11.6 Å². The Labute approximate surface area is 127 Å². The van der Waals surface area contributed by atoms with Crippen LogP contribution in [0.5, 0.6) is 0 Å². The molecule has 0 saturated carbocycles. The van der Waals surface area contributed by atoms with Crippen molar-refractivity contribution in [2.45, 2.75) is 58.1 Å². The molecule has 20 heavy (non-hydrogen) atoms. The molecule has 1 saturated heterocycles. The minimum absolute atomic E-state index is 0.258. The summed E-state index contributed by atoms with van der Waals surface area (Å²) in [6, 6.07) is 4.68. The van der Waals surface area contributed by atoms with Gasteiger partial charge >= 0.3 is 0 Å². The monoisotopic (exact) mass is 296 g/mol. The van der Waals surface area contributed by atoms with Crippen LogP contribution in [-0.2, 0) is 17.0 Å². The summed E-state index contributed by atoms with van der Waals surface area (Å²) in [6.45, 7) is 8.20. The molecule has 2 atom stereocenters. The largest absolute Gasteiger partial charge is 0.375 e. The van der Waals surface area contributed by atoms with Crippen LogP contribution in [-0.4, -0.2) is 30.3 Å². The first-order chi connectivity index (χ1) is 9.67. The van der Waals surface area contributed by atoms with E-state index < -0.39 is 0 Å². The third-order valence-corrected chi connectivity index (χ3v) is 4.13. The summed E-state index contributed by atoms with van der Waals surface area (Å²) in [4.78, 5) is 7.23. The Morgan fingerprint density at radius 2 is 2.20 bits per heavy atom. The Hall–Kier alpha value is -0.800. The van der Waals surface area contributed by atoms with E-state index in [2.05, 4.69) is 37.8 Å². The molecule has 0 radical (unpaired) electrons. The smallest absolute Gasteiger partial charge is 0.129 e. The second kappa shape index (κ2) is 7.28. The number of anilines is 1. The van der Waals surface area contributed by atoms with Crippen molar-refractivity contribution in [2.24, 2.45) is 0 Å². The zero-order valence-corrected chi connectivity index (χ0v) is 13.5. The molecule has 1 aromatic heterocycles. The van der Waals surface area contributed by atoms with Crippen molar-refractivity contribution in [1.29, 1.82) is 0 Å². The fourth-order valence-electron chi connectivity index (χ4n) is 2.70. The van der Waals surface area contributed by atoms with Crippen molar-refractivity contribution in [3.63, 3.8) is 0 Å². The molecular formula is C16H25ClN2O. The highest BCUT2D eigenvalue weighted by Gasteiger charge is 2.26. The van der Waals surface area contributed by atoms with Gasteiger partial charge in [-0.05, 0) is 37.5 Å². The average molecular weight is 297 g/mol. The van der Waals surface area contributed by atoms with Gasteiger partial charge in [-0.1, -0.05) is 20.3 Å². The molecule has 1 fully saturated rings. The van der Waals surface area contributed by atoms with Crippen LogP contribution in [0.25, 0.3) is 0 Å². The summed E-state index contributed by atoms with van der Waals surface area (Å²) < 4.78 is 5.77. The highest BCUT2D eigenvalue weighted by Crippen LogP contribution is 2.24. The van der Waals surface area contributed by atoms with E-state index in [1.54, 1.807) is 0 Å². The number of aryl methyl sites for hydroxylation is 1. The zero-order chi connectivity index (χ0) is 14.5. The predicted octanol–water partition coefficient (Wildman–Crippen LogP) is 3.78. The van der Waals surface area contributed by atoms with E-state index in [0.717, 1.165) is 49.5 Å². The van der Waals surface area contributed by atoms with E-state index in [1.165, 1.54) is 0 Å². The molecule has 0 aliphatic carbocycles. The van der Waals surface area contributed by atoms with E-state index in [1.807, 2.05) is 0 Å². The molecular weight excluding hydrogens is 272 g/mol. The summed E-state index contributed by atoms with van der Waals surface area (Å²) in [6.07, 6.45) is 3.44. The topological polar surface area (TPSA) is 25.4 Å². The Morgan fingerprint density at radius 3 is 2.85 bits per heavy atom. The normalized spacial score (nSPS) is 23.1. The zero-order valence-electron chi connectivity index (χ0n) is 12.7. The van der Waals surface area contributed by atoms with Gasteiger partial charge in [0.25, 0.3) is 0 Å². The number of pyridine rings is 1. The Morgan fingerprint density at radius 1 is 1.40 bits per heavy atom. The molecule has 1 aliphatic heterocycles. The molecule has 2 unspecified atom stereocenters. The minimum Gasteiger partial charge on any atom is -0.375 e. The van der Waals surface area contributed by atoms with Crippen LogP contribution >= 0.6 is 11.6 Å². The molecule has 3 nitrogen and oxygen atoms in total. The van der Waals surface area contributed by atoms with Gasteiger partial charge in [-0.3, -0.25) is 0 Å². The Kier molecular flexibility index (Phi) is 5.67. The molecule has 1 aliphatic rings. The van der Waals surface area contributed by atoms with Crippen LogP contribution in [0.3, 0.4) is 0 Å². The molecule has 4 heteroatoms. The van der Waals surface area contributed by atoms with E-state index in [9.17, 15) is 0 Å². The van der Waals surface area contributed by atoms with Crippen LogP contribution in [0, 0.1) is 0 Å². The predicted molar refractivity (Wildman–Crippen MR) is 84.6 cm³/mol. The van der Waals surface area contributed by atoms with Crippen LogP contribution in [0.2, 0.25) is 0 Å². The van der Waals surface area contributed by atoms with Crippen molar-refractivity contribution in [2.75, 3.05) is 18.1 Å². The number of nitrogens with zero attached hydrogens (tertiary/aromatic N) is 2. The molecule has 0 spiro atoms. The maximum atomic E-state index is 6.04. The number of ether oxygens (including phenoxy) is 1. The third-order valence-electron chi connectivity index (χ3n) is 3.82. The molecule has 112 valence electrons. The molecule has 2 heterocycles. The number of hydrogen-bond acceptors (Lipinski definition) is 3. The van der Waals surface area contributed by atoms with Crippen LogP contribution in [0.15, 0.2) is 12.1 Å². The fourth-order valence-corrected chi connectivity index (χ4v) is 2.86. The van der Waals surface area contributed by atoms with Crippen molar-refractivity contribution < 1.29 is 4.74 Å². The number of aromatic nitrogens is 1. The van der Waals surface area contributed by atoms with Gasteiger partial charge in [0.15, 0.2) is 0 Å². The van der Waals surface area contributed by atoms with Gasteiger partial charge in [-0.25, -0.2) is 4.98 Å². The Balaban J connectivity index is 2.30. The van der Waals surface area contributed by atoms with Gasteiger partial charge in [0.2, 0.25) is 0 Å². The molecule has 2 rings (SSSR count). The lowest BCUT2D eigenvalue weighted by molar-refractivity contribution is 0.0296. The van der Waals surface area contributed by atoms with E-state index in [0.29, 0.717) is 11.9 Å². The Bertz CT molecular complexity index is 438. The summed E-state index contributed by atoms with van der Waals surface area (Å²) in [5.41, 5.74) is 2.31. The van der Waals surface area contributed by atoms with Gasteiger partial charge in [0, 0.05) is 18.1 Å². The quantitative estimate of drug-likeness (QED) is 0.773. The molecule has 0 amide bonds. The molecule has 0 bridgehead atoms. The number of alkyl halides is 1. The van der Waals surface area contributed by atoms with Gasteiger partial charge < -0.3 is 9.64 Å². The van der Waals surface area contributed by atoms with Crippen LogP contribution in [0.1, 0.15) is 44.9 Å². The van der Waals surface area contributed by atoms with Crippen LogP contribution in [0.4, 0.5) is 5.82 Å². The lowest BCUT2D eigenvalue weighted by Crippen LogP contribution is -2.49. The summed E-state index contributed by atoms with van der Waals surface area (Å²) in [5, 5.41) is 0. The highest BCUT2D eigenvalue weighted by molar-refractivity contribution is 6.17. The second-order valence-electron chi connectivity index (χ2n) is 5.57. The van der Waals surface area contributed by atoms with E-state index >= 15 is 0 Å². The third kappa shape index (κ3) is 3.64. The maximum Gasteiger partial charge on any atom is 0.129 e. The first-order valence-corrected chi connectivity index (χ1v) is 8.15. The molecule has 0 aromatic carbocycles. The van der Waals surface area contributed by atoms with Gasteiger partial charge in [0.1, 0.15) is 5.82 Å². The highest BCUT2D eigenvalue weighted by atomic mass is 35.5. The van der Waals surface area contributed by atoms with Gasteiger partial charge in [-0.2, -0.15) is 0 Å². The summed E-state index contributed by atoms with van der Waals surface area (Å²) in [5.74, 6) is 1.61. The second-order valence-corrected chi connectivity index (χ2v) is 5.83. The maximum absolute atomic E-state index is 6.04. The van der Waals surface area contributed by atoms with E-state index in [4.69, 9.17) is 21.3 Å². The fraction of sp³-hybridized carbons (Fsp3) is 0.688. The van der Waals surface area contributed by atoms with Crippen molar-refractivity contribution >= 4 is 17.4 Å². The lowest BCUT2D eigenvalue weighted by Gasteiger charge is -2.39. The number of rotatable bonds is 5. The van der Waals surface area contributed by atoms with Crippen molar-refractivity contribution in [3.05, 3.63) is 23.4 Å². The standard InChI is InChI=1S/C16H25ClN2O/c1-4-6-14-7-13(9-17)8-16(18-14)19-10-12(3)20-11-15(19)5-2/h7-8,12,15H,4-6,9-11H2,1-3H3. The molecule has 0 N–H and O–H groups in total. The van der Waals surface area contributed by atoms with E-state index in [-0.39, 0.29) is 6.10 Å². The van der Waals surface area contributed by atoms with Crippen LogP contribution < -0.4 is 4.90 Å². The lowest BCUT2D eigenvalue weighted by atomic mass is 10.1. The summed E-state index contributed by atoms with van der Waals surface area (Å²) >= 11 is 6.04. The number of hydrogen-bond donors (Lipinski definition) is 0. The van der Waals surface area contributed by atoms with Gasteiger partial charge in [0.05, 0.1) is 18.8 Å². The summed E-state index contributed by atoms with van der Waals surface area (Å²) in [7, 11) is 0. The SMILES string of the molecule is CCCc1cc(CCl)cc(N2CC(C)OCC2CC)n1.